The summed E-state index contributed by atoms with van der Waals surface area (Å²) >= 11 is 3.04. The lowest BCUT2D eigenvalue weighted by Crippen LogP contribution is -2.09. The van der Waals surface area contributed by atoms with E-state index in [-0.39, 0.29) is 11.4 Å². The number of ether oxygens (including phenoxy) is 1. The predicted molar refractivity (Wildman–Crippen MR) is 48.2 cm³/mol. The summed E-state index contributed by atoms with van der Waals surface area (Å²) in [5.74, 6) is 0.277. The highest BCUT2D eigenvalue weighted by molar-refractivity contribution is 9.10. The van der Waals surface area contributed by atoms with Gasteiger partial charge in [-0.3, -0.25) is 4.79 Å². The highest BCUT2D eigenvalue weighted by Gasteiger charge is 2.04. The van der Waals surface area contributed by atoms with Gasteiger partial charge >= 0.3 is 0 Å². The van der Waals surface area contributed by atoms with Gasteiger partial charge in [-0.25, -0.2) is 4.98 Å². The fourth-order valence-electron chi connectivity index (χ4n) is 0.605. The van der Waals surface area contributed by atoms with Crippen molar-refractivity contribution in [2.75, 3.05) is 6.61 Å². The highest BCUT2D eigenvalue weighted by atomic mass is 79.9. The van der Waals surface area contributed by atoms with Crippen molar-refractivity contribution in [2.45, 2.75) is 0 Å². The summed E-state index contributed by atoms with van der Waals surface area (Å²) in [5, 5.41) is 0. The third-order valence-electron chi connectivity index (χ3n) is 1.10. The Labute approximate surface area is 77.4 Å². The molecule has 0 aliphatic carbocycles. The fraction of sp³-hybridized carbons (Fsp3) is 0.143. The number of nitrogens with one attached hydrogen (secondary N) is 1. The molecule has 0 aromatic carbocycles. The third-order valence-corrected chi connectivity index (χ3v) is 1.80. The zero-order valence-corrected chi connectivity index (χ0v) is 7.80. The second kappa shape index (κ2) is 4.06. The van der Waals surface area contributed by atoms with Crippen LogP contribution in [-0.4, -0.2) is 16.6 Å². The number of aromatic amines is 1. The highest BCUT2D eigenvalue weighted by Crippen LogP contribution is 2.15. The molecule has 0 bridgehead atoms. The molecule has 64 valence electrons. The van der Waals surface area contributed by atoms with Gasteiger partial charge in [-0.2, -0.15) is 0 Å². The number of halogens is 1. The molecule has 0 aliphatic heterocycles. The lowest BCUT2D eigenvalue weighted by molar-refractivity contribution is 0.344. The van der Waals surface area contributed by atoms with E-state index in [2.05, 4.69) is 32.5 Å². The molecule has 1 rings (SSSR count). The molecule has 4 nitrogen and oxygen atoms in total. The van der Waals surface area contributed by atoms with Gasteiger partial charge in [0.05, 0.1) is 6.33 Å². The molecule has 0 aliphatic rings. The van der Waals surface area contributed by atoms with Gasteiger partial charge in [-0.15, -0.1) is 0 Å². The largest absolute Gasteiger partial charge is 0.472 e. The zero-order chi connectivity index (χ0) is 8.97. The lowest BCUT2D eigenvalue weighted by Gasteiger charge is -2.01. The minimum absolute atomic E-state index is 0.260. The Morgan fingerprint density at radius 1 is 1.83 bits per heavy atom. The number of H-pyrrole nitrogens is 1. The number of nitrogens with zero attached hydrogens (tertiary/aromatic N) is 1. The van der Waals surface area contributed by atoms with E-state index in [1.54, 1.807) is 6.08 Å². The Morgan fingerprint density at radius 3 is 3.25 bits per heavy atom. The topological polar surface area (TPSA) is 55.0 Å². The zero-order valence-electron chi connectivity index (χ0n) is 6.21. The van der Waals surface area contributed by atoms with Crippen molar-refractivity contribution in [3.05, 3.63) is 33.8 Å². The van der Waals surface area contributed by atoms with Crippen molar-refractivity contribution in [3.8, 4) is 5.88 Å². The summed E-state index contributed by atoms with van der Waals surface area (Å²) in [7, 11) is 0. The van der Waals surface area contributed by atoms with E-state index >= 15 is 0 Å². The Hall–Kier alpha value is -1.10. The first-order chi connectivity index (χ1) is 5.75. The van der Waals surface area contributed by atoms with Gasteiger partial charge < -0.3 is 9.72 Å². The Balaban J connectivity index is 2.92. The average Bonchev–Trinajstić information content (AvgIpc) is 2.08. The van der Waals surface area contributed by atoms with E-state index in [0.717, 1.165) is 0 Å². The van der Waals surface area contributed by atoms with E-state index in [9.17, 15) is 4.79 Å². The minimum Gasteiger partial charge on any atom is -0.472 e. The summed E-state index contributed by atoms with van der Waals surface area (Å²) in [6.07, 6.45) is 2.86. The Morgan fingerprint density at radius 2 is 2.58 bits per heavy atom. The quantitative estimate of drug-likeness (QED) is 0.792. The maximum Gasteiger partial charge on any atom is 0.268 e. The number of rotatable bonds is 3. The van der Waals surface area contributed by atoms with Gasteiger partial charge in [0.15, 0.2) is 0 Å². The van der Waals surface area contributed by atoms with Crippen molar-refractivity contribution in [2.24, 2.45) is 0 Å². The van der Waals surface area contributed by atoms with E-state index in [4.69, 9.17) is 4.74 Å². The van der Waals surface area contributed by atoms with E-state index in [0.29, 0.717) is 11.1 Å². The molecule has 0 spiro atoms. The molecule has 1 aromatic heterocycles. The van der Waals surface area contributed by atoms with E-state index in [1.807, 2.05) is 0 Å². The molecule has 1 aromatic rings. The van der Waals surface area contributed by atoms with Crippen LogP contribution in [0.4, 0.5) is 0 Å². The normalized spacial score (nSPS) is 9.42. The Bertz CT molecular complexity index is 334. The summed E-state index contributed by atoms with van der Waals surface area (Å²) < 4.78 is 5.37. The van der Waals surface area contributed by atoms with Gasteiger partial charge in [0, 0.05) is 0 Å². The molecule has 0 saturated carbocycles. The van der Waals surface area contributed by atoms with Crippen molar-refractivity contribution in [3.63, 3.8) is 0 Å². The van der Waals surface area contributed by atoms with Crippen LogP contribution in [0, 0.1) is 0 Å². The molecule has 0 saturated heterocycles. The molecular formula is C7H7BrN2O2. The predicted octanol–water partition coefficient (Wildman–Crippen LogP) is 1.10. The monoisotopic (exact) mass is 230 g/mol. The minimum atomic E-state index is -0.260. The summed E-state index contributed by atoms with van der Waals surface area (Å²) in [5.41, 5.74) is -0.260. The van der Waals surface area contributed by atoms with Crippen LogP contribution in [0.15, 0.2) is 28.2 Å². The second-order valence-corrected chi connectivity index (χ2v) is 2.74. The van der Waals surface area contributed by atoms with Crippen molar-refractivity contribution >= 4 is 15.9 Å². The van der Waals surface area contributed by atoms with Gasteiger partial charge in [0.1, 0.15) is 11.1 Å². The first-order valence-electron chi connectivity index (χ1n) is 3.22. The first-order valence-corrected chi connectivity index (χ1v) is 4.02. The van der Waals surface area contributed by atoms with Crippen LogP contribution in [-0.2, 0) is 0 Å². The molecule has 12 heavy (non-hydrogen) atoms. The van der Waals surface area contributed by atoms with Crippen LogP contribution in [0.2, 0.25) is 0 Å². The molecule has 5 heteroatoms. The van der Waals surface area contributed by atoms with E-state index < -0.39 is 0 Å². The van der Waals surface area contributed by atoms with Crippen LogP contribution >= 0.6 is 15.9 Å². The lowest BCUT2D eigenvalue weighted by atomic mass is 10.6. The number of hydrogen-bond donors (Lipinski definition) is 1. The maximum absolute atomic E-state index is 11.0. The van der Waals surface area contributed by atoms with Gasteiger partial charge in [0.2, 0.25) is 5.88 Å². The third kappa shape index (κ3) is 1.94. The summed E-state index contributed by atoms with van der Waals surface area (Å²) in [6, 6.07) is 0. The number of hydrogen-bond acceptors (Lipinski definition) is 3. The van der Waals surface area contributed by atoms with Crippen molar-refractivity contribution in [1.29, 1.82) is 0 Å². The standard InChI is InChI=1S/C7H7BrN2O2/c1-2-3-12-7-5(8)6(11)9-4-10-7/h2,4H,1,3H2,(H,9,10,11). The molecule has 0 radical (unpaired) electrons. The van der Waals surface area contributed by atoms with E-state index in [1.165, 1.54) is 6.33 Å². The van der Waals surface area contributed by atoms with Crippen molar-refractivity contribution in [1.82, 2.24) is 9.97 Å². The first kappa shape index (κ1) is 8.99. The molecule has 0 unspecified atom stereocenters. The SMILES string of the molecule is C=CCOc1nc[nH]c(=O)c1Br. The molecule has 1 N–H and O–H groups in total. The van der Waals surface area contributed by atoms with Crippen LogP contribution in [0.1, 0.15) is 0 Å². The fourth-order valence-corrected chi connectivity index (χ4v) is 0.936. The van der Waals surface area contributed by atoms with Crippen molar-refractivity contribution < 1.29 is 4.74 Å². The average molecular weight is 231 g/mol. The van der Waals surface area contributed by atoms with Crippen LogP contribution < -0.4 is 10.3 Å². The molecule has 0 fully saturated rings. The summed E-state index contributed by atoms with van der Waals surface area (Å²) in [4.78, 5) is 17.2. The summed E-state index contributed by atoms with van der Waals surface area (Å²) in [6.45, 7) is 3.80. The van der Waals surface area contributed by atoms with Gasteiger partial charge in [0.25, 0.3) is 5.56 Å². The molecule has 0 atom stereocenters. The maximum atomic E-state index is 11.0. The van der Waals surface area contributed by atoms with Crippen LogP contribution in [0.5, 0.6) is 5.88 Å². The molecule has 1 heterocycles. The molecule has 0 amide bonds. The van der Waals surface area contributed by atoms with Gasteiger partial charge in [-0.1, -0.05) is 12.7 Å². The van der Waals surface area contributed by atoms with Crippen LogP contribution in [0.3, 0.4) is 0 Å². The molecular weight excluding hydrogens is 224 g/mol. The second-order valence-electron chi connectivity index (χ2n) is 1.95. The Kier molecular flexibility index (Phi) is 3.04. The number of aromatic nitrogens is 2. The van der Waals surface area contributed by atoms with Gasteiger partial charge in [-0.05, 0) is 15.9 Å². The van der Waals surface area contributed by atoms with Crippen LogP contribution in [0.25, 0.3) is 0 Å². The smallest absolute Gasteiger partial charge is 0.268 e.